The Morgan fingerprint density at radius 2 is 1.53 bits per heavy atom. The van der Waals surface area contributed by atoms with Crippen LogP contribution in [0, 0.1) is 13.8 Å². The maximum atomic E-state index is 4.59. The largest absolute Gasteiger partial charge is 0.314 e. The number of aromatic nitrogens is 2. The van der Waals surface area contributed by atoms with Crippen molar-refractivity contribution in [2.75, 3.05) is 6.54 Å². The van der Waals surface area contributed by atoms with Gasteiger partial charge in [0.25, 0.3) is 0 Å². The van der Waals surface area contributed by atoms with Crippen LogP contribution in [0.15, 0.2) is 0 Å². The van der Waals surface area contributed by atoms with Gasteiger partial charge in [-0.05, 0) is 32.4 Å². The van der Waals surface area contributed by atoms with Crippen molar-refractivity contribution in [1.82, 2.24) is 15.3 Å². The van der Waals surface area contributed by atoms with Crippen molar-refractivity contribution in [1.29, 1.82) is 0 Å². The van der Waals surface area contributed by atoms with Gasteiger partial charge in [0.05, 0.1) is 0 Å². The average molecular weight is 235 g/mol. The molecule has 0 aliphatic heterocycles. The van der Waals surface area contributed by atoms with Crippen molar-refractivity contribution < 1.29 is 0 Å². The smallest absolute Gasteiger partial charge is 0.131 e. The second kappa shape index (κ2) is 6.10. The van der Waals surface area contributed by atoms with Gasteiger partial charge in [-0.2, -0.15) is 0 Å². The molecule has 0 aliphatic rings. The fraction of sp³-hybridized carbons (Fsp3) is 0.714. The summed E-state index contributed by atoms with van der Waals surface area (Å²) in [6, 6.07) is 0.534. The molecule has 0 aliphatic carbocycles. The van der Waals surface area contributed by atoms with E-state index in [2.05, 4.69) is 56.8 Å². The van der Waals surface area contributed by atoms with Crippen LogP contribution >= 0.6 is 0 Å². The molecule has 1 aromatic heterocycles. The molecule has 1 rings (SSSR count). The molecule has 0 fully saturated rings. The second-order valence-electron chi connectivity index (χ2n) is 5.24. The maximum Gasteiger partial charge on any atom is 0.131 e. The van der Waals surface area contributed by atoms with Gasteiger partial charge in [0, 0.05) is 23.3 Å². The Labute approximate surface area is 105 Å². The van der Waals surface area contributed by atoms with Crippen molar-refractivity contribution in [3.05, 3.63) is 22.8 Å². The summed E-state index contributed by atoms with van der Waals surface area (Å²) in [5.74, 6) is 1.36. The van der Waals surface area contributed by atoms with Gasteiger partial charge in [-0.1, -0.05) is 27.7 Å². The first-order valence-corrected chi connectivity index (χ1v) is 6.49. The molecule has 96 valence electrons. The molecule has 3 heteroatoms. The fourth-order valence-corrected chi connectivity index (χ4v) is 1.87. The van der Waals surface area contributed by atoms with Gasteiger partial charge in [-0.25, -0.2) is 9.97 Å². The van der Waals surface area contributed by atoms with Gasteiger partial charge in [0.2, 0.25) is 0 Å². The van der Waals surface area contributed by atoms with E-state index in [4.69, 9.17) is 0 Å². The molecular formula is C14H25N3. The zero-order valence-electron chi connectivity index (χ0n) is 12.0. The molecular weight excluding hydrogens is 210 g/mol. The Bertz CT molecular complexity index is 347. The van der Waals surface area contributed by atoms with E-state index in [9.17, 15) is 0 Å². The lowest BCUT2D eigenvalue weighted by molar-refractivity contribution is 0.586. The third-order valence-electron chi connectivity index (χ3n) is 2.88. The van der Waals surface area contributed by atoms with Crippen LogP contribution in [0.2, 0.25) is 0 Å². The molecule has 1 N–H and O–H groups in total. The Morgan fingerprint density at radius 3 is 1.94 bits per heavy atom. The Kier molecular flexibility index (Phi) is 5.06. The zero-order chi connectivity index (χ0) is 13.0. The van der Waals surface area contributed by atoms with E-state index in [1.807, 2.05) is 0 Å². The Hall–Kier alpha value is -0.960. The summed E-state index contributed by atoms with van der Waals surface area (Å²) in [4.78, 5) is 9.18. The monoisotopic (exact) mass is 235 g/mol. The molecule has 1 aromatic rings. The minimum Gasteiger partial charge on any atom is -0.314 e. The lowest BCUT2D eigenvalue weighted by Crippen LogP contribution is -2.25. The molecule has 0 saturated carbocycles. The SMILES string of the molecule is Cc1nc(C(C)C)nc(C)c1CCNC(C)C. The van der Waals surface area contributed by atoms with E-state index in [1.165, 1.54) is 5.56 Å². The van der Waals surface area contributed by atoms with Crippen molar-refractivity contribution in [2.45, 2.75) is 59.9 Å². The summed E-state index contributed by atoms with van der Waals surface area (Å²) in [5, 5.41) is 3.43. The highest BCUT2D eigenvalue weighted by molar-refractivity contribution is 5.25. The third-order valence-corrected chi connectivity index (χ3v) is 2.88. The molecule has 0 bridgehead atoms. The number of aryl methyl sites for hydroxylation is 2. The third kappa shape index (κ3) is 4.08. The fourth-order valence-electron chi connectivity index (χ4n) is 1.87. The quantitative estimate of drug-likeness (QED) is 0.852. The Morgan fingerprint density at radius 1 is 1.00 bits per heavy atom. The molecule has 0 amide bonds. The first-order valence-electron chi connectivity index (χ1n) is 6.49. The topological polar surface area (TPSA) is 37.8 Å². The van der Waals surface area contributed by atoms with Crippen LogP contribution < -0.4 is 5.32 Å². The predicted molar refractivity (Wildman–Crippen MR) is 72.4 cm³/mol. The van der Waals surface area contributed by atoms with Crippen LogP contribution in [0.5, 0.6) is 0 Å². The lowest BCUT2D eigenvalue weighted by Gasteiger charge is -2.13. The maximum absolute atomic E-state index is 4.59. The molecule has 0 saturated heterocycles. The van der Waals surface area contributed by atoms with Gasteiger partial charge in [0.1, 0.15) is 5.82 Å². The van der Waals surface area contributed by atoms with Crippen LogP contribution in [-0.2, 0) is 6.42 Å². The normalized spacial score (nSPS) is 11.5. The predicted octanol–water partition coefficient (Wildman–Crippen LogP) is 2.76. The molecule has 0 aromatic carbocycles. The number of hydrogen-bond acceptors (Lipinski definition) is 3. The zero-order valence-corrected chi connectivity index (χ0v) is 12.0. The average Bonchev–Trinajstić information content (AvgIpc) is 2.21. The van der Waals surface area contributed by atoms with E-state index in [0.29, 0.717) is 12.0 Å². The first kappa shape index (κ1) is 14.1. The summed E-state index contributed by atoms with van der Waals surface area (Å²) in [5.41, 5.74) is 3.56. The van der Waals surface area contributed by atoms with Gasteiger partial charge >= 0.3 is 0 Å². The highest BCUT2D eigenvalue weighted by atomic mass is 14.9. The van der Waals surface area contributed by atoms with Gasteiger partial charge in [0.15, 0.2) is 0 Å². The summed E-state index contributed by atoms with van der Waals surface area (Å²) < 4.78 is 0. The van der Waals surface area contributed by atoms with Crippen molar-refractivity contribution >= 4 is 0 Å². The highest BCUT2D eigenvalue weighted by Crippen LogP contribution is 2.15. The van der Waals surface area contributed by atoms with E-state index < -0.39 is 0 Å². The minimum atomic E-state index is 0.398. The second-order valence-corrected chi connectivity index (χ2v) is 5.24. The van der Waals surface area contributed by atoms with E-state index in [1.54, 1.807) is 0 Å². The summed E-state index contributed by atoms with van der Waals surface area (Å²) in [7, 11) is 0. The molecule has 0 spiro atoms. The number of nitrogens with zero attached hydrogens (tertiary/aromatic N) is 2. The number of rotatable bonds is 5. The van der Waals surface area contributed by atoms with Crippen LogP contribution in [0.3, 0.4) is 0 Å². The highest BCUT2D eigenvalue weighted by Gasteiger charge is 2.10. The first-order chi connectivity index (χ1) is 7.91. The summed E-state index contributed by atoms with van der Waals surface area (Å²) in [6.45, 7) is 13.8. The summed E-state index contributed by atoms with van der Waals surface area (Å²) >= 11 is 0. The molecule has 17 heavy (non-hydrogen) atoms. The number of hydrogen-bond donors (Lipinski definition) is 1. The van der Waals surface area contributed by atoms with Crippen molar-refractivity contribution in [3.63, 3.8) is 0 Å². The van der Waals surface area contributed by atoms with Crippen LogP contribution in [0.25, 0.3) is 0 Å². The van der Waals surface area contributed by atoms with E-state index in [-0.39, 0.29) is 0 Å². The standard InChI is InChI=1S/C14H25N3/c1-9(2)14-16-11(5)13(12(6)17-14)7-8-15-10(3)4/h9-10,15H,7-8H2,1-6H3. The van der Waals surface area contributed by atoms with Crippen LogP contribution in [-0.4, -0.2) is 22.6 Å². The van der Waals surface area contributed by atoms with Crippen molar-refractivity contribution in [2.24, 2.45) is 0 Å². The van der Waals surface area contributed by atoms with E-state index >= 15 is 0 Å². The van der Waals surface area contributed by atoms with Crippen LogP contribution in [0.1, 0.15) is 56.4 Å². The number of nitrogens with one attached hydrogen (secondary N) is 1. The van der Waals surface area contributed by atoms with Gasteiger partial charge < -0.3 is 5.32 Å². The Balaban J connectivity index is 2.79. The summed E-state index contributed by atoms with van der Waals surface area (Å²) in [6.07, 6.45) is 1.01. The molecule has 0 unspecified atom stereocenters. The molecule has 3 nitrogen and oxygen atoms in total. The van der Waals surface area contributed by atoms with Crippen molar-refractivity contribution in [3.8, 4) is 0 Å². The van der Waals surface area contributed by atoms with Gasteiger partial charge in [-0.15, -0.1) is 0 Å². The molecule has 0 atom stereocenters. The minimum absolute atomic E-state index is 0.398. The van der Waals surface area contributed by atoms with Gasteiger partial charge in [-0.3, -0.25) is 0 Å². The molecule has 0 radical (unpaired) electrons. The lowest BCUT2D eigenvalue weighted by atomic mass is 10.1. The molecule has 1 heterocycles. The van der Waals surface area contributed by atoms with Crippen LogP contribution in [0.4, 0.5) is 0 Å². The van der Waals surface area contributed by atoms with E-state index in [0.717, 1.165) is 30.2 Å².